The predicted octanol–water partition coefficient (Wildman–Crippen LogP) is 4.55. The third-order valence-electron chi connectivity index (χ3n) is 0.679. The highest BCUT2D eigenvalue weighted by Crippen LogP contribution is 1.85. The van der Waals surface area contributed by atoms with E-state index in [1.54, 1.807) is 6.08 Å². The quantitative estimate of drug-likeness (QED) is 0.711. The minimum atomic E-state index is -0.281. The fourth-order valence-corrected chi connectivity index (χ4v) is 0.316. The van der Waals surface area contributed by atoms with E-state index >= 15 is 0 Å². The van der Waals surface area contributed by atoms with Crippen LogP contribution in [0.15, 0.2) is 18.4 Å². The molecule has 0 aromatic rings. The summed E-state index contributed by atoms with van der Waals surface area (Å²) < 4.78 is 0. The second-order valence-corrected chi connectivity index (χ2v) is 3.15. The zero-order valence-electron chi connectivity index (χ0n) is 12.3. The van der Waals surface area contributed by atoms with E-state index in [2.05, 4.69) is 33.1 Å². The molecule has 0 aliphatic heterocycles. The van der Waals surface area contributed by atoms with Gasteiger partial charge in [-0.05, 0) is 18.4 Å². The van der Waals surface area contributed by atoms with Gasteiger partial charge < -0.3 is 5.73 Å². The molecule has 0 saturated heterocycles. The minimum Gasteiger partial charge on any atom is -0.370 e. The lowest BCUT2D eigenvalue weighted by atomic mass is 10.3. The van der Waals surface area contributed by atoms with E-state index < -0.39 is 0 Å². The number of primary amides is 1. The van der Waals surface area contributed by atoms with Crippen molar-refractivity contribution < 1.29 is 6.22 Å². The number of rotatable bonds is 3. The zero-order chi connectivity index (χ0) is 14.0. The van der Waals surface area contributed by atoms with Crippen molar-refractivity contribution in [2.45, 2.75) is 61.3 Å². The molecule has 0 aliphatic rings. The Morgan fingerprint density at radius 1 is 1.31 bits per heavy atom. The predicted molar refractivity (Wildman–Crippen MR) is 77.5 cm³/mol. The highest BCUT2D eigenvalue weighted by molar-refractivity contribution is 5.73. The van der Waals surface area contributed by atoms with Crippen LogP contribution in [0.5, 0.6) is 0 Å². The van der Waals surface area contributed by atoms with Crippen LogP contribution in [0.3, 0.4) is 0 Å². The number of hydrogen-bond acceptors (Lipinski definition) is 1. The molecule has 0 fully saturated rings. The molecule has 2 N–H and O–H groups in total. The van der Waals surface area contributed by atoms with Gasteiger partial charge in [0, 0.05) is 7.85 Å². The van der Waals surface area contributed by atoms with Gasteiger partial charge in [-0.1, -0.05) is 55.0 Å². The Morgan fingerprint density at radius 3 is 1.81 bits per heavy atom. The molecule has 0 aliphatic carbocycles. The maximum Gasteiger partial charge on any atom is 0.217 e. The van der Waals surface area contributed by atoms with Gasteiger partial charge in [-0.15, -0.1) is 5.73 Å². The highest BCUT2D eigenvalue weighted by Gasteiger charge is 1.86. The Bertz CT molecular complexity index is 157. The molecule has 0 aromatic heterocycles. The molecule has 0 heterocycles. The molecule has 0 bridgehead atoms. The molecule has 0 rings (SSSR count). The number of nitrogens with two attached hydrogens (primary N) is 1. The van der Waals surface area contributed by atoms with Crippen LogP contribution < -0.4 is 5.73 Å². The van der Waals surface area contributed by atoms with Crippen LogP contribution in [0.4, 0.5) is 0 Å². The lowest BCUT2D eigenvalue weighted by Gasteiger charge is -1.83. The molecule has 1 amide bonds. The monoisotopic (exact) mass is 231 g/mol. The van der Waals surface area contributed by atoms with Crippen LogP contribution in [0, 0.1) is 5.92 Å². The van der Waals surface area contributed by atoms with Crippen molar-refractivity contribution in [3.8, 4) is 0 Å². The van der Waals surface area contributed by atoms with Crippen molar-refractivity contribution in [2.75, 3.05) is 0 Å². The molecular weight excluding hydrogens is 198 g/mol. The fraction of sp³-hybridized carbons (Fsp3) is 0.714. The second kappa shape index (κ2) is 29.2. The average Bonchev–Trinajstić information content (AvgIpc) is 2.23. The van der Waals surface area contributed by atoms with Gasteiger partial charge in [-0.2, -0.15) is 0 Å². The number of carbonyl (C=O) groups is 1. The maximum atomic E-state index is 10.0. The zero-order valence-corrected chi connectivity index (χ0v) is 12.3. The van der Waals surface area contributed by atoms with Gasteiger partial charge in [0.05, 0.1) is 0 Å². The van der Waals surface area contributed by atoms with Crippen molar-refractivity contribution in [3.63, 3.8) is 0 Å². The summed E-state index contributed by atoms with van der Waals surface area (Å²) in [5.41, 5.74) is 7.37. The number of amides is 1. The maximum absolute atomic E-state index is 10.0. The molecule has 0 aromatic carbocycles. The molecule has 16 heavy (non-hydrogen) atoms. The van der Waals surface area contributed by atoms with Gasteiger partial charge in [-0.25, -0.2) is 0 Å². The van der Waals surface area contributed by atoms with Crippen molar-refractivity contribution in [3.05, 3.63) is 18.4 Å². The normalized spacial score (nSPS) is 6.75. The molecule has 2 nitrogen and oxygen atoms in total. The van der Waals surface area contributed by atoms with Gasteiger partial charge in [-0.3, -0.25) is 4.79 Å². The Morgan fingerprint density at radius 2 is 1.62 bits per heavy atom. The van der Waals surface area contributed by atoms with E-state index in [4.69, 9.17) is 5.73 Å². The van der Waals surface area contributed by atoms with Gasteiger partial charge in [0.2, 0.25) is 5.91 Å². The molecule has 100 valence electrons. The first-order valence-electron chi connectivity index (χ1n) is 6.13. The number of hydrogen-bond donors (Lipinski definition) is 1. The summed E-state index contributed by atoms with van der Waals surface area (Å²) in [6.45, 7) is 17.8. The van der Waals surface area contributed by atoms with E-state index in [1.165, 1.54) is 0 Å². The van der Waals surface area contributed by atoms with E-state index in [9.17, 15) is 4.79 Å². The van der Waals surface area contributed by atoms with Gasteiger partial charge in [0.25, 0.3) is 0 Å². The standard InChI is InChI=1S/C6H9NO.C4H10.2C2H6.H2/c1-2-3-4-5-6(7)8;1-4(2)3;2*1-2;/h3H,1,4-5H2,(H2,7,8);4H,1-3H3;2*1-2H3;1H. The molecule has 0 spiro atoms. The van der Waals surface area contributed by atoms with E-state index in [0.717, 1.165) is 5.92 Å². The largest absolute Gasteiger partial charge is 0.370 e. The second-order valence-electron chi connectivity index (χ2n) is 3.15. The van der Waals surface area contributed by atoms with Gasteiger partial charge in [0.1, 0.15) is 0 Å². The third kappa shape index (κ3) is 117. The molecule has 0 atom stereocenters. The minimum absolute atomic E-state index is 0. The smallest absolute Gasteiger partial charge is 0.217 e. The number of carbonyl (C=O) groups excluding carboxylic acids is 1. The highest BCUT2D eigenvalue weighted by atomic mass is 16.1. The first-order chi connectivity index (χ1) is 7.50. The molecule has 0 radical (unpaired) electrons. The summed E-state index contributed by atoms with van der Waals surface area (Å²) in [5.74, 6) is 0.552. The Hall–Kier alpha value is -1.01. The summed E-state index contributed by atoms with van der Waals surface area (Å²) in [4.78, 5) is 10.0. The topological polar surface area (TPSA) is 43.1 Å². The van der Waals surface area contributed by atoms with Crippen molar-refractivity contribution in [1.29, 1.82) is 0 Å². The van der Waals surface area contributed by atoms with Crippen LogP contribution in [0.1, 0.15) is 62.7 Å². The fourth-order valence-electron chi connectivity index (χ4n) is 0.316. The van der Waals surface area contributed by atoms with Crippen molar-refractivity contribution in [2.24, 2.45) is 11.7 Å². The van der Waals surface area contributed by atoms with E-state index in [0.29, 0.717) is 12.8 Å². The first-order valence-corrected chi connectivity index (χ1v) is 6.13. The van der Waals surface area contributed by atoms with Crippen molar-refractivity contribution >= 4 is 5.91 Å². The van der Waals surface area contributed by atoms with Crippen LogP contribution >= 0.6 is 0 Å². The lowest BCUT2D eigenvalue weighted by molar-refractivity contribution is -0.117. The Kier molecular flexibility index (Phi) is 44.3. The summed E-state index contributed by atoms with van der Waals surface area (Å²) in [7, 11) is 0. The van der Waals surface area contributed by atoms with Gasteiger partial charge >= 0.3 is 0 Å². The van der Waals surface area contributed by atoms with Gasteiger partial charge in [0.15, 0.2) is 0 Å². The van der Waals surface area contributed by atoms with Crippen LogP contribution in [0.25, 0.3) is 0 Å². The summed E-state index contributed by atoms with van der Waals surface area (Å²) in [5, 5.41) is 0. The van der Waals surface area contributed by atoms with Crippen LogP contribution in [-0.2, 0) is 4.79 Å². The average molecular weight is 231 g/mol. The van der Waals surface area contributed by atoms with E-state index in [-0.39, 0.29) is 7.33 Å². The molecular formula is C14H33NO. The Labute approximate surface area is 104 Å². The molecule has 0 unspecified atom stereocenters. The van der Waals surface area contributed by atoms with E-state index in [1.807, 2.05) is 27.7 Å². The van der Waals surface area contributed by atoms with Crippen LogP contribution in [-0.4, -0.2) is 5.91 Å². The lowest BCUT2D eigenvalue weighted by Crippen LogP contribution is -2.08. The SMILES string of the molecule is C=C=CCCC(N)=O.CC.CC.CC(C)C.[HH]. The number of allylic oxidation sites excluding steroid dienone is 1. The summed E-state index contributed by atoms with van der Waals surface area (Å²) in [6.07, 6.45) is 2.73. The van der Waals surface area contributed by atoms with Crippen LogP contribution in [0.2, 0.25) is 0 Å². The first kappa shape index (κ1) is 24.3. The summed E-state index contributed by atoms with van der Waals surface area (Å²) in [6, 6.07) is 0. The summed E-state index contributed by atoms with van der Waals surface area (Å²) >= 11 is 0. The van der Waals surface area contributed by atoms with Crippen molar-refractivity contribution in [1.82, 2.24) is 0 Å². The molecule has 0 saturated carbocycles. The third-order valence-corrected chi connectivity index (χ3v) is 0.679. The molecule has 2 heteroatoms. The Balaban J connectivity index is -0.0000000457.